The second kappa shape index (κ2) is 8.14. The maximum Gasteiger partial charge on any atom is 0.310 e. The number of carbonyl (C=O) groups excluding carboxylic acids is 2. The molecule has 0 spiro atoms. The van der Waals surface area contributed by atoms with Crippen molar-refractivity contribution >= 4 is 21.8 Å². The Balaban J connectivity index is 4.71. The highest BCUT2D eigenvalue weighted by Crippen LogP contribution is 2.13. The topological polar surface area (TPSA) is 86.7 Å². The first-order valence-electron chi connectivity index (χ1n) is 6.07. The van der Waals surface area contributed by atoms with Crippen molar-refractivity contribution in [2.45, 2.75) is 26.7 Å². The number of carbonyl (C=O) groups is 2. The fourth-order valence-electron chi connectivity index (χ4n) is 1.47. The lowest BCUT2D eigenvalue weighted by Gasteiger charge is -2.14. The molecule has 0 amide bonds. The van der Waals surface area contributed by atoms with E-state index in [1.807, 2.05) is 13.8 Å². The van der Waals surface area contributed by atoms with Gasteiger partial charge in [0.15, 0.2) is 9.84 Å². The quantitative estimate of drug-likeness (QED) is 0.615. The molecule has 0 N–H and O–H groups in total. The molecule has 0 aliphatic rings. The zero-order chi connectivity index (χ0) is 15.1. The van der Waals surface area contributed by atoms with Crippen LogP contribution in [0, 0.1) is 11.8 Å². The summed E-state index contributed by atoms with van der Waals surface area (Å²) < 4.78 is 32.7. The van der Waals surface area contributed by atoms with Crippen LogP contribution in [0.25, 0.3) is 0 Å². The molecule has 0 aromatic rings. The van der Waals surface area contributed by atoms with E-state index in [9.17, 15) is 18.0 Å². The van der Waals surface area contributed by atoms with Gasteiger partial charge in [-0.25, -0.2) is 8.42 Å². The lowest BCUT2D eigenvalue weighted by Crippen LogP contribution is -2.29. The van der Waals surface area contributed by atoms with Gasteiger partial charge in [0.1, 0.15) is 0 Å². The molecule has 0 aliphatic carbocycles. The van der Waals surface area contributed by atoms with Crippen LogP contribution in [0.15, 0.2) is 0 Å². The Morgan fingerprint density at radius 2 is 1.68 bits per heavy atom. The van der Waals surface area contributed by atoms with E-state index in [1.54, 1.807) is 0 Å². The fourth-order valence-corrected chi connectivity index (χ4v) is 3.33. The van der Waals surface area contributed by atoms with E-state index in [0.717, 1.165) is 7.11 Å². The monoisotopic (exact) mass is 294 g/mol. The number of methoxy groups -OCH3 is 2. The van der Waals surface area contributed by atoms with Gasteiger partial charge >= 0.3 is 11.9 Å². The summed E-state index contributed by atoms with van der Waals surface area (Å²) in [5.41, 5.74) is 0. The molecule has 6 nitrogen and oxygen atoms in total. The van der Waals surface area contributed by atoms with Gasteiger partial charge < -0.3 is 9.47 Å². The molecule has 7 heteroatoms. The molecule has 0 rings (SSSR count). The second-order valence-corrected chi connectivity index (χ2v) is 7.03. The third kappa shape index (κ3) is 7.81. The molecule has 1 atom stereocenters. The maximum absolute atomic E-state index is 11.9. The highest BCUT2D eigenvalue weighted by Gasteiger charge is 2.29. The molecule has 0 saturated carbocycles. The molecule has 1 unspecified atom stereocenters. The Bertz CT molecular complexity index is 398. The maximum atomic E-state index is 11.9. The zero-order valence-corrected chi connectivity index (χ0v) is 12.7. The largest absolute Gasteiger partial charge is 0.469 e. The minimum absolute atomic E-state index is 0.000661. The molecule has 0 radical (unpaired) electrons. The Hall–Kier alpha value is -1.11. The Morgan fingerprint density at radius 1 is 1.11 bits per heavy atom. The Kier molecular flexibility index (Phi) is 7.66. The number of esters is 2. The van der Waals surface area contributed by atoms with E-state index >= 15 is 0 Å². The van der Waals surface area contributed by atoms with E-state index in [2.05, 4.69) is 9.47 Å². The van der Waals surface area contributed by atoms with Crippen LogP contribution in [0.3, 0.4) is 0 Å². The summed E-state index contributed by atoms with van der Waals surface area (Å²) >= 11 is 0. The third-order valence-corrected chi connectivity index (χ3v) is 4.40. The summed E-state index contributed by atoms with van der Waals surface area (Å²) in [4.78, 5) is 22.7. The molecule has 0 aliphatic heterocycles. The van der Waals surface area contributed by atoms with E-state index in [-0.39, 0.29) is 23.8 Å². The predicted octanol–water partition coefficient (Wildman–Crippen LogP) is 0.800. The normalized spacial score (nSPS) is 13.1. The summed E-state index contributed by atoms with van der Waals surface area (Å²) in [6, 6.07) is 0. The number of rotatable bonds is 8. The van der Waals surface area contributed by atoms with Crippen molar-refractivity contribution in [1.82, 2.24) is 0 Å². The van der Waals surface area contributed by atoms with Crippen molar-refractivity contribution in [2.75, 3.05) is 25.7 Å². The summed E-state index contributed by atoms with van der Waals surface area (Å²) in [6.07, 6.45) is 0.235. The first kappa shape index (κ1) is 17.9. The average molecular weight is 294 g/mol. The van der Waals surface area contributed by atoms with E-state index < -0.39 is 27.7 Å². The first-order valence-corrected chi connectivity index (χ1v) is 7.89. The van der Waals surface area contributed by atoms with Crippen molar-refractivity contribution < 1.29 is 27.5 Å². The average Bonchev–Trinajstić information content (AvgIpc) is 2.34. The van der Waals surface area contributed by atoms with Crippen LogP contribution in [0.2, 0.25) is 0 Å². The third-order valence-electron chi connectivity index (χ3n) is 2.64. The number of hydrogen-bond acceptors (Lipinski definition) is 6. The van der Waals surface area contributed by atoms with Crippen LogP contribution in [-0.2, 0) is 28.9 Å². The second-order valence-electron chi connectivity index (χ2n) is 4.80. The van der Waals surface area contributed by atoms with Crippen molar-refractivity contribution in [3.05, 3.63) is 0 Å². The van der Waals surface area contributed by atoms with Crippen LogP contribution in [0.5, 0.6) is 0 Å². The highest BCUT2D eigenvalue weighted by molar-refractivity contribution is 7.91. The molecule has 0 bridgehead atoms. The van der Waals surface area contributed by atoms with Gasteiger partial charge in [-0.3, -0.25) is 9.59 Å². The highest BCUT2D eigenvalue weighted by atomic mass is 32.2. The molecule has 0 aromatic carbocycles. The van der Waals surface area contributed by atoms with Gasteiger partial charge in [0.2, 0.25) is 0 Å². The van der Waals surface area contributed by atoms with E-state index in [1.165, 1.54) is 7.11 Å². The number of sulfone groups is 1. The fraction of sp³-hybridized carbons (Fsp3) is 0.833. The predicted molar refractivity (Wildman–Crippen MR) is 70.2 cm³/mol. The summed E-state index contributed by atoms with van der Waals surface area (Å²) in [5, 5.41) is 0. The van der Waals surface area contributed by atoms with Crippen LogP contribution in [-0.4, -0.2) is 46.1 Å². The van der Waals surface area contributed by atoms with Gasteiger partial charge in [-0.1, -0.05) is 13.8 Å². The smallest absolute Gasteiger partial charge is 0.310 e. The number of hydrogen-bond donors (Lipinski definition) is 0. The molecule has 19 heavy (non-hydrogen) atoms. The summed E-state index contributed by atoms with van der Waals surface area (Å²) in [5.74, 6) is -2.48. The molecule has 0 aromatic heterocycles. The van der Waals surface area contributed by atoms with Crippen LogP contribution < -0.4 is 0 Å². The van der Waals surface area contributed by atoms with E-state index in [0.29, 0.717) is 6.42 Å². The number of ether oxygens (including phenoxy) is 2. The molecule has 0 fully saturated rings. The summed E-state index contributed by atoms with van der Waals surface area (Å²) in [7, 11) is -1.05. The van der Waals surface area contributed by atoms with Gasteiger partial charge in [0.25, 0.3) is 0 Å². The van der Waals surface area contributed by atoms with Crippen molar-refractivity contribution in [1.29, 1.82) is 0 Å². The van der Waals surface area contributed by atoms with Gasteiger partial charge in [0.05, 0.1) is 38.1 Å². The molecular weight excluding hydrogens is 272 g/mol. The lowest BCUT2D eigenvalue weighted by atomic mass is 10.1. The zero-order valence-electron chi connectivity index (χ0n) is 11.8. The van der Waals surface area contributed by atoms with Gasteiger partial charge in [0, 0.05) is 0 Å². The van der Waals surface area contributed by atoms with E-state index in [4.69, 9.17) is 0 Å². The first-order chi connectivity index (χ1) is 8.71. The molecular formula is C12H22O6S. The Morgan fingerprint density at radius 3 is 2.11 bits per heavy atom. The minimum Gasteiger partial charge on any atom is -0.469 e. The standard InChI is InChI=1S/C12H22O6S/c1-9(2)5-6-19(15,16)8-10(12(14)18-4)7-11(13)17-3/h9-10H,5-8H2,1-4H3. The minimum atomic E-state index is -3.39. The molecule has 0 heterocycles. The summed E-state index contributed by atoms with van der Waals surface area (Å²) in [6.45, 7) is 3.84. The van der Waals surface area contributed by atoms with Crippen LogP contribution in [0.1, 0.15) is 26.7 Å². The van der Waals surface area contributed by atoms with Crippen molar-refractivity contribution in [2.24, 2.45) is 11.8 Å². The van der Waals surface area contributed by atoms with Gasteiger partial charge in [-0.05, 0) is 12.3 Å². The van der Waals surface area contributed by atoms with Crippen LogP contribution in [0.4, 0.5) is 0 Å². The molecule has 112 valence electrons. The lowest BCUT2D eigenvalue weighted by molar-refractivity contribution is -0.151. The Labute approximate surface area is 114 Å². The SMILES string of the molecule is COC(=O)CC(CS(=O)(=O)CCC(C)C)C(=O)OC. The van der Waals surface area contributed by atoms with Crippen LogP contribution >= 0.6 is 0 Å². The molecule has 0 saturated heterocycles. The van der Waals surface area contributed by atoms with Crippen molar-refractivity contribution in [3.63, 3.8) is 0 Å². The van der Waals surface area contributed by atoms with Crippen molar-refractivity contribution in [3.8, 4) is 0 Å². The van der Waals surface area contributed by atoms with Gasteiger partial charge in [-0.2, -0.15) is 0 Å². The van der Waals surface area contributed by atoms with Gasteiger partial charge in [-0.15, -0.1) is 0 Å².